The number of carbonyl (C=O) groups is 1. The van der Waals surface area contributed by atoms with Crippen molar-refractivity contribution in [1.82, 2.24) is 19.9 Å². The number of alkyl halides is 3. The minimum Gasteiger partial charge on any atom is -0.368 e. The fraction of sp³-hybridized carbons (Fsp3) is 0.188. The van der Waals surface area contributed by atoms with E-state index in [9.17, 15) is 18.0 Å². The molecule has 1 atom stereocenters. The van der Waals surface area contributed by atoms with Gasteiger partial charge in [0.15, 0.2) is 11.5 Å². The number of hydrogen-bond donors (Lipinski definition) is 2. The lowest BCUT2D eigenvalue weighted by atomic mass is 10.1. The predicted octanol–water partition coefficient (Wildman–Crippen LogP) is 2.06. The Balaban J connectivity index is 1.86. The fourth-order valence-electron chi connectivity index (χ4n) is 2.45. The Morgan fingerprint density at radius 3 is 2.52 bits per heavy atom. The van der Waals surface area contributed by atoms with Gasteiger partial charge in [0.25, 0.3) is 0 Å². The summed E-state index contributed by atoms with van der Waals surface area (Å²) in [5, 5.41) is 10.6. The van der Waals surface area contributed by atoms with Crippen LogP contribution in [0.5, 0.6) is 0 Å². The lowest BCUT2D eigenvalue weighted by molar-refractivity contribution is -0.137. The molecule has 0 radical (unpaired) electrons. The Bertz CT molecular complexity index is 892. The SMILES string of the molecule is NC(=O)C(NCc1nnc2ccc(C(F)(F)F)cn12)c1ccccc1. The molecule has 0 aliphatic heterocycles. The third kappa shape index (κ3) is 3.61. The van der Waals surface area contributed by atoms with Crippen LogP contribution in [-0.2, 0) is 17.5 Å². The molecule has 3 aromatic rings. The zero-order chi connectivity index (χ0) is 18.0. The van der Waals surface area contributed by atoms with Crippen LogP contribution in [0.15, 0.2) is 48.7 Å². The summed E-state index contributed by atoms with van der Waals surface area (Å²) in [7, 11) is 0. The summed E-state index contributed by atoms with van der Waals surface area (Å²) in [4.78, 5) is 11.7. The molecular weight excluding hydrogens is 335 g/mol. The minimum absolute atomic E-state index is 0.0188. The van der Waals surface area contributed by atoms with E-state index in [0.29, 0.717) is 5.56 Å². The van der Waals surface area contributed by atoms with E-state index in [1.165, 1.54) is 10.5 Å². The molecule has 0 saturated heterocycles. The molecule has 25 heavy (non-hydrogen) atoms. The molecule has 3 N–H and O–H groups in total. The van der Waals surface area contributed by atoms with E-state index in [-0.39, 0.29) is 18.0 Å². The first-order valence-corrected chi connectivity index (χ1v) is 7.35. The van der Waals surface area contributed by atoms with Gasteiger partial charge in [-0.05, 0) is 17.7 Å². The van der Waals surface area contributed by atoms with Crippen LogP contribution in [0.25, 0.3) is 5.65 Å². The smallest absolute Gasteiger partial charge is 0.368 e. The number of nitrogens with zero attached hydrogens (tertiary/aromatic N) is 3. The van der Waals surface area contributed by atoms with Crippen LogP contribution in [0.3, 0.4) is 0 Å². The van der Waals surface area contributed by atoms with Crippen LogP contribution >= 0.6 is 0 Å². The number of aromatic nitrogens is 3. The summed E-state index contributed by atoms with van der Waals surface area (Å²) < 4.78 is 39.8. The number of benzene rings is 1. The van der Waals surface area contributed by atoms with Gasteiger partial charge in [0.05, 0.1) is 12.1 Å². The molecule has 0 saturated carbocycles. The molecule has 2 heterocycles. The van der Waals surface area contributed by atoms with Crippen LogP contribution in [-0.4, -0.2) is 20.5 Å². The lowest BCUT2D eigenvalue weighted by Gasteiger charge is -2.15. The van der Waals surface area contributed by atoms with Gasteiger partial charge in [-0.1, -0.05) is 30.3 Å². The van der Waals surface area contributed by atoms with E-state index in [4.69, 9.17) is 5.73 Å². The molecule has 0 fully saturated rings. The van der Waals surface area contributed by atoms with Crippen molar-refractivity contribution < 1.29 is 18.0 Å². The predicted molar refractivity (Wildman–Crippen MR) is 83.2 cm³/mol. The molecule has 9 heteroatoms. The number of nitrogens with two attached hydrogens (primary N) is 1. The third-order valence-corrected chi connectivity index (χ3v) is 3.68. The Labute approximate surface area is 140 Å². The zero-order valence-corrected chi connectivity index (χ0v) is 12.9. The van der Waals surface area contributed by atoms with Gasteiger partial charge in [-0.3, -0.25) is 14.5 Å². The zero-order valence-electron chi connectivity index (χ0n) is 12.9. The summed E-state index contributed by atoms with van der Waals surface area (Å²) in [5.74, 6) is -0.362. The Hall–Kier alpha value is -2.94. The molecule has 0 bridgehead atoms. The number of halogens is 3. The van der Waals surface area contributed by atoms with E-state index >= 15 is 0 Å². The highest BCUT2D eigenvalue weighted by molar-refractivity contribution is 5.81. The van der Waals surface area contributed by atoms with Crippen molar-refractivity contribution in [3.05, 3.63) is 65.6 Å². The standard InChI is InChI=1S/C16H14F3N5O/c17-16(18,19)11-6-7-12-22-23-13(24(12)9-11)8-21-14(15(20)25)10-4-2-1-3-5-10/h1-7,9,14,21H,8H2,(H2,20,25). The average Bonchev–Trinajstić information content (AvgIpc) is 2.97. The number of primary amides is 1. The summed E-state index contributed by atoms with van der Waals surface area (Å²) in [6, 6.07) is 10.2. The maximum atomic E-state index is 12.9. The number of rotatable bonds is 5. The van der Waals surface area contributed by atoms with Gasteiger partial charge >= 0.3 is 6.18 Å². The molecule has 1 aromatic carbocycles. The fourth-order valence-corrected chi connectivity index (χ4v) is 2.45. The molecule has 0 spiro atoms. The number of carbonyl (C=O) groups excluding carboxylic acids is 1. The Morgan fingerprint density at radius 1 is 1.16 bits per heavy atom. The van der Waals surface area contributed by atoms with E-state index in [0.717, 1.165) is 12.3 Å². The maximum absolute atomic E-state index is 12.9. The molecule has 0 aliphatic rings. The molecular formula is C16H14F3N5O. The van der Waals surface area contributed by atoms with Gasteiger partial charge in [-0.25, -0.2) is 0 Å². The van der Waals surface area contributed by atoms with E-state index in [2.05, 4.69) is 15.5 Å². The highest BCUT2D eigenvalue weighted by atomic mass is 19.4. The van der Waals surface area contributed by atoms with Crippen LogP contribution in [0.4, 0.5) is 13.2 Å². The third-order valence-electron chi connectivity index (χ3n) is 3.68. The van der Waals surface area contributed by atoms with Crippen LogP contribution in [0.2, 0.25) is 0 Å². The normalized spacial score (nSPS) is 13.1. The van der Waals surface area contributed by atoms with Crippen molar-refractivity contribution in [3.8, 4) is 0 Å². The number of fused-ring (bicyclic) bond motifs is 1. The van der Waals surface area contributed by atoms with Crippen LogP contribution < -0.4 is 11.1 Å². The van der Waals surface area contributed by atoms with Gasteiger partial charge < -0.3 is 5.73 Å². The van der Waals surface area contributed by atoms with Crippen molar-refractivity contribution >= 4 is 11.6 Å². The summed E-state index contributed by atoms with van der Waals surface area (Å²) in [5.41, 5.74) is 5.53. The second kappa shape index (κ2) is 6.52. The van der Waals surface area contributed by atoms with Crippen LogP contribution in [0, 0.1) is 0 Å². The maximum Gasteiger partial charge on any atom is 0.417 e. The quantitative estimate of drug-likeness (QED) is 0.738. The van der Waals surface area contributed by atoms with Crippen molar-refractivity contribution in [3.63, 3.8) is 0 Å². The number of pyridine rings is 1. The highest BCUT2D eigenvalue weighted by Gasteiger charge is 2.31. The second-order valence-electron chi connectivity index (χ2n) is 5.39. The minimum atomic E-state index is -4.47. The Kier molecular flexibility index (Phi) is 4.41. The topological polar surface area (TPSA) is 85.3 Å². The van der Waals surface area contributed by atoms with Gasteiger partial charge in [0.2, 0.25) is 5.91 Å². The molecule has 2 aromatic heterocycles. The number of amides is 1. The Morgan fingerprint density at radius 2 is 1.88 bits per heavy atom. The first kappa shape index (κ1) is 16.9. The summed E-state index contributed by atoms with van der Waals surface area (Å²) >= 11 is 0. The molecule has 6 nitrogen and oxygen atoms in total. The monoisotopic (exact) mass is 349 g/mol. The molecule has 1 amide bonds. The van der Waals surface area contributed by atoms with Crippen molar-refractivity contribution in [2.24, 2.45) is 5.73 Å². The molecule has 0 aliphatic carbocycles. The largest absolute Gasteiger partial charge is 0.417 e. The van der Waals surface area contributed by atoms with E-state index in [1.54, 1.807) is 30.3 Å². The number of hydrogen-bond acceptors (Lipinski definition) is 4. The molecule has 1 unspecified atom stereocenters. The van der Waals surface area contributed by atoms with Crippen molar-refractivity contribution in [2.75, 3.05) is 0 Å². The average molecular weight is 349 g/mol. The van der Waals surface area contributed by atoms with Gasteiger partial charge in [0.1, 0.15) is 6.04 Å². The van der Waals surface area contributed by atoms with Crippen LogP contribution in [0.1, 0.15) is 23.0 Å². The molecule has 3 rings (SSSR count). The second-order valence-corrected chi connectivity index (χ2v) is 5.39. The van der Waals surface area contributed by atoms with Gasteiger partial charge in [-0.2, -0.15) is 13.2 Å². The first-order chi connectivity index (χ1) is 11.9. The summed E-state index contributed by atoms with van der Waals surface area (Å²) in [6.07, 6.45) is -3.54. The molecule has 130 valence electrons. The van der Waals surface area contributed by atoms with E-state index in [1.807, 2.05) is 0 Å². The van der Waals surface area contributed by atoms with Gasteiger partial charge in [0, 0.05) is 6.20 Å². The van der Waals surface area contributed by atoms with Crippen molar-refractivity contribution in [1.29, 1.82) is 0 Å². The van der Waals surface area contributed by atoms with E-state index < -0.39 is 23.7 Å². The lowest BCUT2D eigenvalue weighted by Crippen LogP contribution is -2.33. The summed E-state index contributed by atoms with van der Waals surface area (Å²) in [6.45, 7) is 0.0188. The van der Waals surface area contributed by atoms with Gasteiger partial charge in [-0.15, -0.1) is 10.2 Å². The van der Waals surface area contributed by atoms with Crippen molar-refractivity contribution in [2.45, 2.75) is 18.8 Å². The number of nitrogens with one attached hydrogen (secondary N) is 1. The first-order valence-electron chi connectivity index (χ1n) is 7.35. The highest BCUT2D eigenvalue weighted by Crippen LogP contribution is 2.29.